The first-order chi connectivity index (χ1) is 8.70. The molecule has 0 saturated carbocycles. The third kappa shape index (κ3) is 2.90. The number of nitrogens with one attached hydrogen (secondary N) is 1. The normalized spacial score (nSPS) is 10.6. The van der Waals surface area contributed by atoms with Gasteiger partial charge in [-0.1, -0.05) is 0 Å². The van der Waals surface area contributed by atoms with Crippen LogP contribution in [0.15, 0.2) is 28.9 Å². The second kappa shape index (κ2) is 5.69. The third-order valence-electron chi connectivity index (χ3n) is 2.72. The van der Waals surface area contributed by atoms with Crippen molar-refractivity contribution in [3.05, 3.63) is 47.0 Å². The summed E-state index contributed by atoms with van der Waals surface area (Å²) < 4.78 is 11.0. The maximum Gasteiger partial charge on any atom is 0.218 e. The standard InChI is InChI=1S/C14H18N2O2/c1-10-7-11(2)16-14(13(10)8-15-3)18-9-12-5-4-6-17-12/h4-7,15H,8-9H2,1-3H3. The van der Waals surface area contributed by atoms with Crippen molar-refractivity contribution in [2.24, 2.45) is 0 Å². The smallest absolute Gasteiger partial charge is 0.218 e. The van der Waals surface area contributed by atoms with Gasteiger partial charge in [-0.3, -0.25) is 0 Å². The van der Waals surface area contributed by atoms with E-state index in [1.165, 1.54) is 5.56 Å². The molecule has 1 N–H and O–H groups in total. The van der Waals surface area contributed by atoms with Gasteiger partial charge in [0.2, 0.25) is 5.88 Å². The van der Waals surface area contributed by atoms with Gasteiger partial charge in [0, 0.05) is 17.8 Å². The number of rotatable bonds is 5. The molecule has 0 aliphatic rings. The molecule has 2 aromatic rings. The summed E-state index contributed by atoms with van der Waals surface area (Å²) in [5.74, 6) is 1.48. The molecule has 2 aromatic heterocycles. The van der Waals surface area contributed by atoms with Crippen molar-refractivity contribution in [2.75, 3.05) is 7.05 Å². The zero-order chi connectivity index (χ0) is 13.0. The number of hydrogen-bond donors (Lipinski definition) is 1. The Kier molecular flexibility index (Phi) is 3.99. The molecule has 0 amide bonds. The fraction of sp³-hybridized carbons (Fsp3) is 0.357. The third-order valence-corrected chi connectivity index (χ3v) is 2.72. The molecule has 0 bridgehead atoms. The highest BCUT2D eigenvalue weighted by Gasteiger charge is 2.10. The van der Waals surface area contributed by atoms with Gasteiger partial charge in [0.05, 0.1) is 6.26 Å². The van der Waals surface area contributed by atoms with E-state index in [9.17, 15) is 0 Å². The Bertz CT molecular complexity index is 507. The summed E-state index contributed by atoms with van der Waals surface area (Å²) in [6.45, 7) is 5.18. The van der Waals surface area contributed by atoms with Gasteiger partial charge in [-0.05, 0) is 44.7 Å². The zero-order valence-corrected chi connectivity index (χ0v) is 11.0. The molecule has 0 spiro atoms. The molecule has 4 heteroatoms. The van der Waals surface area contributed by atoms with Gasteiger partial charge in [-0.15, -0.1) is 0 Å². The van der Waals surface area contributed by atoms with Gasteiger partial charge in [0.25, 0.3) is 0 Å². The van der Waals surface area contributed by atoms with Crippen LogP contribution in [0.3, 0.4) is 0 Å². The lowest BCUT2D eigenvalue weighted by Gasteiger charge is -2.13. The average molecular weight is 246 g/mol. The van der Waals surface area contributed by atoms with Crippen LogP contribution in [-0.2, 0) is 13.2 Å². The monoisotopic (exact) mass is 246 g/mol. The zero-order valence-electron chi connectivity index (χ0n) is 11.0. The molecule has 4 nitrogen and oxygen atoms in total. The molecule has 0 atom stereocenters. The van der Waals surface area contributed by atoms with Gasteiger partial charge in [0.1, 0.15) is 12.4 Å². The van der Waals surface area contributed by atoms with Gasteiger partial charge in [-0.2, -0.15) is 0 Å². The van der Waals surface area contributed by atoms with Crippen LogP contribution in [0.4, 0.5) is 0 Å². The van der Waals surface area contributed by atoms with E-state index in [0.717, 1.165) is 23.6 Å². The summed E-state index contributed by atoms with van der Waals surface area (Å²) in [5, 5.41) is 3.13. The molecule has 0 saturated heterocycles. The van der Waals surface area contributed by atoms with Crippen molar-refractivity contribution in [1.82, 2.24) is 10.3 Å². The first kappa shape index (κ1) is 12.6. The number of ether oxygens (including phenoxy) is 1. The van der Waals surface area contributed by atoms with E-state index in [4.69, 9.17) is 9.15 Å². The molecule has 0 fully saturated rings. The summed E-state index contributed by atoms with van der Waals surface area (Å²) >= 11 is 0. The number of hydrogen-bond acceptors (Lipinski definition) is 4. The molecule has 18 heavy (non-hydrogen) atoms. The molecule has 0 aliphatic heterocycles. The van der Waals surface area contributed by atoms with Crippen LogP contribution < -0.4 is 10.1 Å². The van der Waals surface area contributed by atoms with E-state index < -0.39 is 0 Å². The van der Waals surface area contributed by atoms with E-state index in [-0.39, 0.29) is 0 Å². The first-order valence-electron chi connectivity index (χ1n) is 5.97. The van der Waals surface area contributed by atoms with Crippen molar-refractivity contribution < 1.29 is 9.15 Å². The lowest BCUT2D eigenvalue weighted by atomic mass is 10.1. The summed E-state index contributed by atoms with van der Waals surface area (Å²) in [6.07, 6.45) is 1.64. The number of pyridine rings is 1. The van der Waals surface area contributed by atoms with Gasteiger partial charge >= 0.3 is 0 Å². The van der Waals surface area contributed by atoms with Crippen molar-refractivity contribution in [3.63, 3.8) is 0 Å². The topological polar surface area (TPSA) is 47.3 Å². The Hall–Kier alpha value is -1.81. The van der Waals surface area contributed by atoms with Gasteiger partial charge in [0.15, 0.2) is 0 Å². The Labute approximate surface area is 107 Å². The van der Waals surface area contributed by atoms with E-state index >= 15 is 0 Å². The SMILES string of the molecule is CNCc1c(C)cc(C)nc1OCc1ccco1. The van der Waals surface area contributed by atoms with Crippen LogP contribution in [0.25, 0.3) is 0 Å². The highest BCUT2D eigenvalue weighted by Crippen LogP contribution is 2.21. The number of aromatic nitrogens is 1. The van der Waals surface area contributed by atoms with Gasteiger partial charge in [-0.25, -0.2) is 4.98 Å². The molecule has 2 rings (SSSR count). The van der Waals surface area contributed by atoms with Crippen molar-refractivity contribution >= 4 is 0 Å². The molecule has 0 aromatic carbocycles. The fourth-order valence-corrected chi connectivity index (χ4v) is 1.87. The Morgan fingerprint density at radius 2 is 2.22 bits per heavy atom. The Balaban J connectivity index is 2.19. The van der Waals surface area contributed by atoms with E-state index in [1.807, 2.05) is 26.1 Å². The number of nitrogens with zero attached hydrogens (tertiary/aromatic N) is 1. The molecular weight excluding hydrogens is 228 g/mol. The maximum absolute atomic E-state index is 5.75. The molecule has 0 unspecified atom stereocenters. The predicted molar refractivity (Wildman–Crippen MR) is 69.5 cm³/mol. The minimum Gasteiger partial charge on any atom is -0.469 e. The van der Waals surface area contributed by atoms with Crippen molar-refractivity contribution in [2.45, 2.75) is 27.0 Å². The van der Waals surface area contributed by atoms with Crippen LogP contribution in [0.5, 0.6) is 5.88 Å². The Morgan fingerprint density at radius 3 is 2.89 bits per heavy atom. The highest BCUT2D eigenvalue weighted by atomic mass is 16.5. The summed E-state index contributed by atoms with van der Waals surface area (Å²) in [4.78, 5) is 4.45. The van der Waals surface area contributed by atoms with Crippen LogP contribution in [0, 0.1) is 13.8 Å². The molecular formula is C14H18N2O2. The van der Waals surface area contributed by atoms with Crippen molar-refractivity contribution in [1.29, 1.82) is 0 Å². The quantitative estimate of drug-likeness (QED) is 0.881. The average Bonchev–Trinajstić information content (AvgIpc) is 2.83. The lowest BCUT2D eigenvalue weighted by Crippen LogP contribution is -2.11. The van der Waals surface area contributed by atoms with Crippen LogP contribution in [0.2, 0.25) is 0 Å². The molecule has 0 radical (unpaired) electrons. The number of aryl methyl sites for hydroxylation is 2. The lowest BCUT2D eigenvalue weighted by molar-refractivity contribution is 0.257. The van der Waals surface area contributed by atoms with Crippen LogP contribution in [0.1, 0.15) is 22.6 Å². The van der Waals surface area contributed by atoms with Crippen LogP contribution in [-0.4, -0.2) is 12.0 Å². The first-order valence-corrected chi connectivity index (χ1v) is 5.97. The van der Waals surface area contributed by atoms with Crippen molar-refractivity contribution in [3.8, 4) is 5.88 Å². The highest BCUT2D eigenvalue weighted by molar-refractivity contribution is 5.35. The Morgan fingerprint density at radius 1 is 1.39 bits per heavy atom. The minimum atomic E-state index is 0.402. The summed E-state index contributed by atoms with van der Waals surface area (Å²) in [6, 6.07) is 5.80. The van der Waals surface area contributed by atoms with Crippen LogP contribution >= 0.6 is 0 Å². The fourth-order valence-electron chi connectivity index (χ4n) is 1.87. The largest absolute Gasteiger partial charge is 0.469 e. The van der Waals surface area contributed by atoms with E-state index in [1.54, 1.807) is 6.26 Å². The minimum absolute atomic E-state index is 0.402. The summed E-state index contributed by atoms with van der Waals surface area (Å²) in [5.41, 5.74) is 3.24. The molecule has 0 aliphatic carbocycles. The number of furan rings is 1. The van der Waals surface area contributed by atoms with E-state index in [0.29, 0.717) is 12.5 Å². The summed E-state index contributed by atoms with van der Waals surface area (Å²) in [7, 11) is 1.91. The predicted octanol–water partition coefficient (Wildman–Crippen LogP) is 2.59. The maximum atomic E-state index is 5.75. The molecule has 2 heterocycles. The van der Waals surface area contributed by atoms with E-state index in [2.05, 4.69) is 23.3 Å². The second-order valence-corrected chi connectivity index (χ2v) is 4.26. The van der Waals surface area contributed by atoms with Gasteiger partial charge < -0.3 is 14.5 Å². The molecule has 96 valence electrons. The second-order valence-electron chi connectivity index (χ2n) is 4.26.